The Bertz CT molecular complexity index is 716. The summed E-state index contributed by atoms with van der Waals surface area (Å²) in [6.07, 6.45) is -0.0163. The molecule has 2 aromatic rings. The molecule has 5 nitrogen and oxygen atoms in total. The zero-order valence-electron chi connectivity index (χ0n) is 11.6. The van der Waals surface area contributed by atoms with Crippen molar-refractivity contribution in [1.29, 1.82) is 0 Å². The number of carbonyl (C=O) groups excluding carboxylic acids is 2. The summed E-state index contributed by atoms with van der Waals surface area (Å²) in [5.41, 5.74) is 1.97. The normalized spacial score (nSPS) is 16.2. The van der Waals surface area contributed by atoms with Gasteiger partial charge in [0.1, 0.15) is 11.9 Å². The average molecular weight is 299 g/mol. The van der Waals surface area contributed by atoms with Gasteiger partial charge >= 0.3 is 0 Å². The summed E-state index contributed by atoms with van der Waals surface area (Å²) in [4.78, 5) is 24.0. The van der Waals surface area contributed by atoms with Crippen molar-refractivity contribution in [3.8, 4) is 0 Å². The van der Waals surface area contributed by atoms with Gasteiger partial charge in [0.05, 0.1) is 17.8 Å². The van der Waals surface area contributed by atoms with Crippen molar-refractivity contribution in [2.24, 2.45) is 0 Å². The fourth-order valence-corrected chi connectivity index (χ4v) is 2.27. The lowest BCUT2D eigenvalue weighted by Crippen LogP contribution is -2.41. The predicted molar refractivity (Wildman–Crippen MR) is 82.1 cm³/mol. The second-order valence-corrected chi connectivity index (χ2v) is 4.99. The van der Waals surface area contributed by atoms with Crippen LogP contribution in [0.2, 0.25) is 0 Å². The second-order valence-electron chi connectivity index (χ2n) is 4.99. The van der Waals surface area contributed by atoms with Crippen molar-refractivity contribution < 1.29 is 14.0 Å². The summed E-state index contributed by atoms with van der Waals surface area (Å²) in [6, 6.07) is 12.1. The summed E-state index contributed by atoms with van der Waals surface area (Å²) in [5, 5.41) is 8.43. The fourth-order valence-electron chi connectivity index (χ4n) is 2.27. The van der Waals surface area contributed by atoms with Crippen LogP contribution < -0.4 is 16.0 Å². The molecule has 0 aliphatic carbocycles. The molecule has 1 unspecified atom stereocenters. The van der Waals surface area contributed by atoms with E-state index in [4.69, 9.17) is 0 Å². The molecule has 2 aromatic carbocycles. The third kappa shape index (κ3) is 3.06. The van der Waals surface area contributed by atoms with E-state index in [0.29, 0.717) is 11.4 Å². The van der Waals surface area contributed by atoms with Crippen LogP contribution in [0.25, 0.3) is 0 Å². The largest absolute Gasteiger partial charge is 0.372 e. The van der Waals surface area contributed by atoms with Gasteiger partial charge < -0.3 is 16.0 Å². The number of rotatable bonds is 3. The molecule has 0 saturated heterocycles. The van der Waals surface area contributed by atoms with Crippen LogP contribution >= 0.6 is 0 Å². The van der Waals surface area contributed by atoms with Crippen LogP contribution in [0.5, 0.6) is 0 Å². The number of carbonyl (C=O) groups is 2. The highest BCUT2D eigenvalue weighted by Crippen LogP contribution is 2.26. The molecule has 3 N–H and O–H groups in total. The third-order valence-electron chi connectivity index (χ3n) is 3.35. The van der Waals surface area contributed by atoms with Crippen molar-refractivity contribution in [3.05, 3.63) is 54.3 Å². The molecule has 6 heteroatoms. The van der Waals surface area contributed by atoms with E-state index in [-0.39, 0.29) is 24.1 Å². The van der Waals surface area contributed by atoms with E-state index < -0.39 is 6.04 Å². The molecule has 112 valence electrons. The zero-order valence-corrected chi connectivity index (χ0v) is 11.6. The molecule has 1 aliphatic heterocycles. The Morgan fingerprint density at radius 2 is 1.77 bits per heavy atom. The van der Waals surface area contributed by atoms with Gasteiger partial charge in [-0.2, -0.15) is 0 Å². The molecule has 0 saturated carbocycles. The van der Waals surface area contributed by atoms with Crippen LogP contribution in [-0.2, 0) is 9.59 Å². The Kier molecular flexibility index (Phi) is 3.74. The summed E-state index contributed by atoms with van der Waals surface area (Å²) in [6.45, 7) is 0. The van der Waals surface area contributed by atoms with Crippen LogP contribution in [0.3, 0.4) is 0 Å². The number of fused-ring (bicyclic) bond motifs is 1. The molecular formula is C16H14FN3O2. The van der Waals surface area contributed by atoms with Crippen molar-refractivity contribution in [3.63, 3.8) is 0 Å². The van der Waals surface area contributed by atoms with Gasteiger partial charge in [-0.15, -0.1) is 0 Å². The molecule has 0 bridgehead atoms. The van der Waals surface area contributed by atoms with Gasteiger partial charge in [0, 0.05) is 5.69 Å². The number of para-hydroxylation sites is 2. The number of nitrogens with one attached hydrogen (secondary N) is 3. The number of amides is 2. The van der Waals surface area contributed by atoms with E-state index >= 15 is 0 Å². The first kappa shape index (κ1) is 14.1. The quantitative estimate of drug-likeness (QED) is 0.816. The number of anilines is 3. The maximum absolute atomic E-state index is 12.8. The van der Waals surface area contributed by atoms with Crippen LogP contribution in [-0.4, -0.2) is 17.9 Å². The Morgan fingerprint density at radius 1 is 1.09 bits per heavy atom. The van der Waals surface area contributed by atoms with Crippen LogP contribution in [0.15, 0.2) is 48.5 Å². The first-order valence-corrected chi connectivity index (χ1v) is 6.84. The van der Waals surface area contributed by atoms with Crippen LogP contribution in [0.4, 0.5) is 21.5 Å². The zero-order chi connectivity index (χ0) is 15.5. The van der Waals surface area contributed by atoms with Gasteiger partial charge in [0.2, 0.25) is 11.8 Å². The molecule has 2 amide bonds. The Balaban J connectivity index is 1.64. The van der Waals surface area contributed by atoms with Gasteiger partial charge in [0.25, 0.3) is 0 Å². The molecule has 1 atom stereocenters. The molecule has 1 heterocycles. The van der Waals surface area contributed by atoms with E-state index in [1.807, 2.05) is 18.2 Å². The highest BCUT2D eigenvalue weighted by atomic mass is 19.1. The Morgan fingerprint density at radius 3 is 2.50 bits per heavy atom. The summed E-state index contributed by atoms with van der Waals surface area (Å²) in [5.74, 6) is -0.950. The molecule has 22 heavy (non-hydrogen) atoms. The monoisotopic (exact) mass is 299 g/mol. The number of halogens is 1. The summed E-state index contributed by atoms with van der Waals surface area (Å²) >= 11 is 0. The second kappa shape index (κ2) is 5.85. The van der Waals surface area contributed by atoms with E-state index in [1.165, 1.54) is 24.3 Å². The highest BCUT2D eigenvalue weighted by molar-refractivity contribution is 6.06. The summed E-state index contributed by atoms with van der Waals surface area (Å²) in [7, 11) is 0. The van der Waals surface area contributed by atoms with Crippen LogP contribution in [0, 0.1) is 5.82 Å². The minimum atomic E-state index is -0.643. The topological polar surface area (TPSA) is 70.2 Å². The smallest absolute Gasteiger partial charge is 0.247 e. The Hall–Kier alpha value is -2.89. The van der Waals surface area contributed by atoms with E-state index in [0.717, 1.165) is 5.69 Å². The average Bonchev–Trinajstić information content (AvgIpc) is 2.50. The van der Waals surface area contributed by atoms with Crippen molar-refractivity contribution >= 4 is 28.9 Å². The molecule has 0 aromatic heterocycles. The van der Waals surface area contributed by atoms with Gasteiger partial charge in [0.15, 0.2) is 0 Å². The third-order valence-corrected chi connectivity index (χ3v) is 3.35. The highest BCUT2D eigenvalue weighted by Gasteiger charge is 2.27. The first-order valence-electron chi connectivity index (χ1n) is 6.84. The molecular weight excluding hydrogens is 285 g/mol. The maximum atomic E-state index is 12.8. The SMILES string of the molecule is O=C(CC1Nc2ccccc2NC1=O)Nc1ccc(F)cc1. The van der Waals surface area contributed by atoms with E-state index in [1.54, 1.807) is 6.07 Å². The fraction of sp³-hybridized carbons (Fsp3) is 0.125. The lowest BCUT2D eigenvalue weighted by molar-refractivity contribution is -0.122. The number of hydrogen-bond donors (Lipinski definition) is 3. The Labute approximate surface area is 126 Å². The van der Waals surface area contributed by atoms with Gasteiger partial charge in [-0.3, -0.25) is 9.59 Å². The lowest BCUT2D eigenvalue weighted by Gasteiger charge is -2.26. The molecule has 1 aliphatic rings. The number of benzene rings is 2. The standard InChI is InChI=1S/C16H14FN3O2/c17-10-5-7-11(8-6-10)18-15(21)9-14-16(22)20-13-4-2-1-3-12(13)19-14/h1-8,14,19H,9H2,(H,18,21)(H,20,22). The number of hydrogen-bond acceptors (Lipinski definition) is 3. The van der Waals surface area contributed by atoms with Crippen molar-refractivity contribution in [2.75, 3.05) is 16.0 Å². The van der Waals surface area contributed by atoms with E-state index in [9.17, 15) is 14.0 Å². The molecule has 0 radical (unpaired) electrons. The molecule has 0 fully saturated rings. The first-order chi connectivity index (χ1) is 10.6. The van der Waals surface area contributed by atoms with Crippen LogP contribution in [0.1, 0.15) is 6.42 Å². The lowest BCUT2D eigenvalue weighted by atomic mass is 10.1. The van der Waals surface area contributed by atoms with Gasteiger partial charge in [-0.05, 0) is 36.4 Å². The predicted octanol–water partition coefficient (Wildman–Crippen LogP) is 2.59. The van der Waals surface area contributed by atoms with Gasteiger partial charge in [-0.1, -0.05) is 12.1 Å². The minimum Gasteiger partial charge on any atom is -0.372 e. The van der Waals surface area contributed by atoms with Crippen molar-refractivity contribution in [1.82, 2.24) is 0 Å². The maximum Gasteiger partial charge on any atom is 0.247 e. The summed E-state index contributed by atoms with van der Waals surface area (Å²) < 4.78 is 12.8. The molecule has 0 spiro atoms. The van der Waals surface area contributed by atoms with Crippen molar-refractivity contribution in [2.45, 2.75) is 12.5 Å². The molecule has 3 rings (SSSR count). The van der Waals surface area contributed by atoms with E-state index in [2.05, 4.69) is 16.0 Å². The van der Waals surface area contributed by atoms with Gasteiger partial charge in [-0.25, -0.2) is 4.39 Å². The minimum absolute atomic E-state index is 0.0163.